The van der Waals surface area contributed by atoms with Crippen LogP contribution < -0.4 is 9.64 Å². The number of hydrogen-bond donors (Lipinski definition) is 0. The molecule has 2 aliphatic rings. The van der Waals surface area contributed by atoms with E-state index in [1.807, 2.05) is 30.3 Å². The van der Waals surface area contributed by atoms with Crippen molar-refractivity contribution in [1.29, 1.82) is 0 Å². The van der Waals surface area contributed by atoms with Gasteiger partial charge >= 0.3 is 0 Å². The van der Waals surface area contributed by atoms with Gasteiger partial charge in [-0.1, -0.05) is 72.8 Å². The molecule has 1 atom stereocenters. The number of nitrogens with zero attached hydrogens (tertiary/aromatic N) is 1. The first kappa shape index (κ1) is 16.0. The summed E-state index contributed by atoms with van der Waals surface area (Å²) in [7, 11) is 0. The first-order valence-corrected chi connectivity index (χ1v) is 9.29. The minimum atomic E-state index is -0.310. The maximum Gasteiger partial charge on any atom is 0.142 e. The van der Waals surface area contributed by atoms with E-state index in [2.05, 4.69) is 65.6 Å². The molecular weight excluding hydrogens is 334 g/mol. The van der Waals surface area contributed by atoms with Crippen molar-refractivity contribution >= 4 is 11.4 Å². The van der Waals surface area contributed by atoms with Gasteiger partial charge in [0.2, 0.25) is 0 Å². The van der Waals surface area contributed by atoms with Gasteiger partial charge in [-0.3, -0.25) is 0 Å². The molecule has 0 saturated heterocycles. The van der Waals surface area contributed by atoms with E-state index in [4.69, 9.17) is 9.47 Å². The second kappa shape index (κ2) is 6.51. The summed E-state index contributed by atoms with van der Waals surface area (Å²) in [4.78, 5) is 2.43. The number of rotatable bonds is 3. The molecule has 0 radical (unpaired) electrons. The maximum atomic E-state index is 6.15. The first-order valence-electron chi connectivity index (χ1n) is 9.29. The largest absolute Gasteiger partial charge is 0.490 e. The standard InChI is InChI=1S/C24H21NO2/c1-3-9-19(10-4-1)16-25-21-13-7-8-14-22(21)26-17-24(25)15-23(27-18-24)20-11-5-2-6-12-20/h1-15H,16-18H2/t24-/m1/s1. The van der Waals surface area contributed by atoms with Crippen LogP contribution in [0.5, 0.6) is 5.75 Å². The second-order valence-corrected chi connectivity index (χ2v) is 7.10. The molecule has 0 saturated carbocycles. The topological polar surface area (TPSA) is 21.7 Å². The molecule has 3 aromatic rings. The molecule has 2 aliphatic heterocycles. The summed E-state index contributed by atoms with van der Waals surface area (Å²) < 4.78 is 12.3. The van der Waals surface area contributed by atoms with E-state index >= 15 is 0 Å². The quantitative estimate of drug-likeness (QED) is 0.667. The van der Waals surface area contributed by atoms with Crippen molar-refractivity contribution in [2.24, 2.45) is 0 Å². The lowest BCUT2D eigenvalue weighted by molar-refractivity contribution is 0.162. The first-order chi connectivity index (χ1) is 13.3. The SMILES string of the molecule is C1=C(c2ccccc2)OC[C@]12COc1ccccc1N2Cc1ccccc1. The van der Waals surface area contributed by atoms with Crippen LogP contribution in [-0.4, -0.2) is 18.8 Å². The van der Waals surface area contributed by atoms with E-state index in [9.17, 15) is 0 Å². The Kier molecular flexibility index (Phi) is 3.86. The Bertz CT molecular complexity index is 968. The lowest BCUT2D eigenvalue weighted by atomic mass is 9.94. The highest BCUT2D eigenvalue weighted by atomic mass is 16.5. The smallest absolute Gasteiger partial charge is 0.142 e. The predicted molar refractivity (Wildman–Crippen MR) is 108 cm³/mol. The van der Waals surface area contributed by atoms with E-state index in [1.165, 1.54) is 5.56 Å². The van der Waals surface area contributed by atoms with Crippen LogP contribution in [-0.2, 0) is 11.3 Å². The summed E-state index contributed by atoms with van der Waals surface area (Å²) in [5.74, 6) is 1.86. The summed E-state index contributed by atoms with van der Waals surface area (Å²) in [5.41, 5.74) is 3.18. The molecule has 0 aliphatic carbocycles. The van der Waals surface area contributed by atoms with Crippen molar-refractivity contribution in [1.82, 2.24) is 0 Å². The van der Waals surface area contributed by atoms with E-state index in [0.29, 0.717) is 13.2 Å². The van der Waals surface area contributed by atoms with Gasteiger partial charge < -0.3 is 14.4 Å². The van der Waals surface area contributed by atoms with E-state index in [1.54, 1.807) is 0 Å². The average Bonchev–Trinajstić information content (AvgIpc) is 3.17. The Labute approximate surface area is 159 Å². The summed E-state index contributed by atoms with van der Waals surface area (Å²) in [6.07, 6.45) is 2.24. The molecule has 5 rings (SSSR count). The summed E-state index contributed by atoms with van der Waals surface area (Å²) in [5, 5.41) is 0. The Balaban J connectivity index is 1.57. The summed E-state index contributed by atoms with van der Waals surface area (Å²) in [6, 6.07) is 29.1. The van der Waals surface area contributed by atoms with E-state index in [0.717, 1.165) is 29.3 Å². The van der Waals surface area contributed by atoms with Gasteiger partial charge in [-0.05, 0) is 23.8 Å². The average molecular weight is 355 g/mol. The Hall–Kier alpha value is -3.20. The second-order valence-electron chi connectivity index (χ2n) is 7.10. The van der Waals surface area contributed by atoms with Gasteiger partial charge in [0.1, 0.15) is 30.3 Å². The van der Waals surface area contributed by atoms with Crippen molar-refractivity contribution < 1.29 is 9.47 Å². The van der Waals surface area contributed by atoms with E-state index in [-0.39, 0.29) is 5.54 Å². The molecule has 1 spiro atoms. The predicted octanol–water partition coefficient (Wildman–Crippen LogP) is 4.90. The molecule has 27 heavy (non-hydrogen) atoms. The van der Waals surface area contributed by atoms with Crippen molar-refractivity contribution in [3.8, 4) is 5.75 Å². The van der Waals surface area contributed by atoms with Gasteiger partial charge in [-0.25, -0.2) is 0 Å². The molecule has 3 nitrogen and oxygen atoms in total. The highest BCUT2D eigenvalue weighted by molar-refractivity contribution is 5.70. The molecular formula is C24H21NO2. The fraction of sp³-hybridized carbons (Fsp3) is 0.167. The minimum Gasteiger partial charge on any atom is -0.490 e. The van der Waals surface area contributed by atoms with Crippen LogP contribution in [0.2, 0.25) is 0 Å². The minimum absolute atomic E-state index is 0.310. The number of benzene rings is 3. The van der Waals surface area contributed by atoms with Crippen LogP contribution in [0, 0.1) is 0 Å². The Morgan fingerprint density at radius 2 is 1.41 bits per heavy atom. The Morgan fingerprint density at radius 3 is 2.22 bits per heavy atom. The molecule has 134 valence electrons. The van der Waals surface area contributed by atoms with Gasteiger partial charge in [-0.15, -0.1) is 0 Å². The Morgan fingerprint density at radius 1 is 0.741 bits per heavy atom. The molecule has 0 amide bonds. The van der Waals surface area contributed by atoms with Gasteiger partial charge in [0.15, 0.2) is 0 Å². The maximum absolute atomic E-state index is 6.15. The lowest BCUT2D eigenvalue weighted by Crippen LogP contribution is -2.55. The third kappa shape index (κ3) is 2.85. The molecule has 3 aromatic carbocycles. The number of para-hydroxylation sites is 2. The van der Waals surface area contributed by atoms with Crippen LogP contribution in [0.15, 0.2) is 91.0 Å². The van der Waals surface area contributed by atoms with Gasteiger partial charge in [0, 0.05) is 12.1 Å². The fourth-order valence-corrected chi connectivity index (χ4v) is 3.87. The summed E-state index contributed by atoms with van der Waals surface area (Å²) >= 11 is 0. The van der Waals surface area contributed by atoms with Gasteiger partial charge in [0.25, 0.3) is 0 Å². The fourth-order valence-electron chi connectivity index (χ4n) is 3.87. The molecule has 2 heterocycles. The monoisotopic (exact) mass is 355 g/mol. The molecule has 0 aromatic heterocycles. The molecule has 0 bridgehead atoms. The van der Waals surface area contributed by atoms with Crippen LogP contribution in [0.1, 0.15) is 11.1 Å². The number of ether oxygens (including phenoxy) is 2. The highest BCUT2D eigenvalue weighted by Gasteiger charge is 2.45. The van der Waals surface area contributed by atoms with Crippen LogP contribution in [0.4, 0.5) is 5.69 Å². The van der Waals surface area contributed by atoms with Crippen molar-refractivity contribution in [3.63, 3.8) is 0 Å². The number of anilines is 1. The normalized spacial score (nSPS) is 20.6. The van der Waals surface area contributed by atoms with Crippen LogP contribution >= 0.6 is 0 Å². The molecule has 3 heteroatoms. The third-order valence-electron chi connectivity index (χ3n) is 5.29. The lowest BCUT2D eigenvalue weighted by Gasteiger charge is -2.44. The van der Waals surface area contributed by atoms with Crippen LogP contribution in [0.25, 0.3) is 5.76 Å². The zero-order valence-corrected chi connectivity index (χ0v) is 15.0. The summed E-state index contributed by atoms with van der Waals surface area (Å²) in [6.45, 7) is 1.97. The zero-order valence-electron chi connectivity index (χ0n) is 15.0. The molecule has 0 N–H and O–H groups in total. The van der Waals surface area contributed by atoms with E-state index < -0.39 is 0 Å². The number of hydrogen-bond acceptors (Lipinski definition) is 3. The number of fused-ring (bicyclic) bond motifs is 1. The third-order valence-corrected chi connectivity index (χ3v) is 5.29. The van der Waals surface area contributed by atoms with Crippen molar-refractivity contribution in [3.05, 3.63) is 102 Å². The molecule has 0 fully saturated rings. The molecule has 0 unspecified atom stereocenters. The van der Waals surface area contributed by atoms with Gasteiger partial charge in [-0.2, -0.15) is 0 Å². The van der Waals surface area contributed by atoms with Gasteiger partial charge in [0.05, 0.1) is 5.69 Å². The van der Waals surface area contributed by atoms with Crippen molar-refractivity contribution in [2.45, 2.75) is 12.1 Å². The highest BCUT2D eigenvalue weighted by Crippen LogP contribution is 2.43. The zero-order chi connectivity index (χ0) is 18.1. The van der Waals surface area contributed by atoms with Crippen molar-refractivity contribution in [2.75, 3.05) is 18.1 Å². The van der Waals surface area contributed by atoms with Crippen LogP contribution in [0.3, 0.4) is 0 Å².